The zero-order valence-corrected chi connectivity index (χ0v) is 16.3. The fourth-order valence-electron chi connectivity index (χ4n) is 4.43. The van der Waals surface area contributed by atoms with Crippen LogP contribution in [0.3, 0.4) is 0 Å². The van der Waals surface area contributed by atoms with Crippen LogP contribution in [0.1, 0.15) is 36.1 Å². The van der Waals surface area contributed by atoms with Gasteiger partial charge in [0.05, 0.1) is 0 Å². The summed E-state index contributed by atoms with van der Waals surface area (Å²) in [5.74, 6) is -0.178. The van der Waals surface area contributed by atoms with E-state index in [4.69, 9.17) is 0 Å². The highest BCUT2D eigenvalue weighted by atomic mass is 19.1. The Morgan fingerprint density at radius 2 is 1.89 bits per heavy atom. The van der Waals surface area contributed by atoms with Crippen LogP contribution >= 0.6 is 0 Å². The predicted octanol–water partition coefficient (Wildman–Crippen LogP) is 5.73. The maximum atomic E-state index is 13.6. The van der Waals surface area contributed by atoms with E-state index in [9.17, 15) is 4.39 Å². The lowest BCUT2D eigenvalue weighted by molar-refractivity contribution is 0.138. The number of allylic oxidation sites excluding steroid dienone is 1. The molecular formula is C24H27FN2. The molecule has 0 saturated carbocycles. The smallest absolute Gasteiger partial charge is 0.123 e. The van der Waals surface area contributed by atoms with Gasteiger partial charge in [-0.05, 0) is 81.6 Å². The molecule has 1 atom stereocenters. The highest BCUT2D eigenvalue weighted by Crippen LogP contribution is 2.39. The first kappa shape index (κ1) is 18.0. The Morgan fingerprint density at radius 3 is 2.56 bits per heavy atom. The lowest BCUT2D eigenvalue weighted by atomic mass is 9.76. The summed E-state index contributed by atoms with van der Waals surface area (Å²) in [5.41, 5.74) is 6.23. The van der Waals surface area contributed by atoms with Crippen molar-refractivity contribution in [1.29, 1.82) is 0 Å². The van der Waals surface area contributed by atoms with Crippen LogP contribution in [-0.4, -0.2) is 29.5 Å². The fourth-order valence-corrected chi connectivity index (χ4v) is 4.43. The third-order valence-corrected chi connectivity index (χ3v) is 6.25. The van der Waals surface area contributed by atoms with Crippen LogP contribution in [0.15, 0.2) is 54.6 Å². The van der Waals surface area contributed by atoms with Crippen molar-refractivity contribution in [3.05, 3.63) is 77.2 Å². The Kier molecular flexibility index (Phi) is 4.65. The summed E-state index contributed by atoms with van der Waals surface area (Å²) in [6.07, 6.45) is 6.61. The van der Waals surface area contributed by atoms with Crippen LogP contribution in [0.5, 0.6) is 0 Å². The third-order valence-electron chi connectivity index (χ3n) is 6.25. The van der Waals surface area contributed by atoms with Crippen LogP contribution in [0.25, 0.3) is 16.5 Å². The first-order valence-corrected chi connectivity index (χ1v) is 9.67. The Morgan fingerprint density at radius 1 is 1.11 bits per heavy atom. The average Bonchev–Trinajstić information content (AvgIpc) is 2.99. The number of fused-ring (bicyclic) bond motifs is 1. The highest BCUT2D eigenvalue weighted by molar-refractivity contribution is 5.89. The van der Waals surface area contributed by atoms with Gasteiger partial charge in [0.1, 0.15) is 5.82 Å². The number of nitrogens with one attached hydrogen (secondary N) is 1. The lowest BCUT2D eigenvalue weighted by Gasteiger charge is -2.42. The van der Waals surface area contributed by atoms with Crippen LogP contribution in [0.2, 0.25) is 0 Å². The molecule has 0 saturated heterocycles. The van der Waals surface area contributed by atoms with Crippen molar-refractivity contribution < 1.29 is 4.39 Å². The molecule has 2 aromatic carbocycles. The molecule has 1 heterocycles. The fraction of sp³-hybridized carbons (Fsp3) is 0.333. The standard InChI is InChI=1S/C24H27FN2/c1-17-21-15-20(25)9-10-22(21)26-23(17)19-11-13-24(14-12-19,27(2)3)16-18-7-5-4-6-8-18/h4-11,15,26H,12-14,16H2,1-3H3. The van der Waals surface area contributed by atoms with Gasteiger partial charge in [-0.2, -0.15) is 0 Å². The number of aromatic nitrogens is 1. The maximum absolute atomic E-state index is 13.6. The molecule has 1 aliphatic rings. The zero-order chi connectivity index (χ0) is 19.0. The summed E-state index contributed by atoms with van der Waals surface area (Å²) in [4.78, 5) is 5.91. The molecule has 2 nitrogen and oxygen atoms in total. The maximum Gasteiger partial charge on any atom is 0.123 e. The summed E-state index contributed by atoms with van der Waals surface area (Å²) >= 11 is 0. The predicted molar refractivity (Wildman–Crippen MR) is 111 cm³/mol. The summed E-state index contributed by atoms with van der Waals surface area (Å²) in [7, 11) is 4.39. The summed E-state index contributed by atoms with van der Waals surface area (Å²) in [6, 6.07) is 15.8. The number of aryl methyl sites for hydroxylation is 1. The van der Waals surface area contributed by atoms with Gasteiger partial charge in [-0.3, -0.25) is 0 Å². The van der Waals surface area contributed by atoms with Crippen molar-refractivity contribution in [1.82, 2.24) is 9.88 Å². The molecule has 3 heteroatoms. The van der Waals surface area contributed by atoms with Gasteiger partial charge in [-0.1, -0.05) is 36.4 Å². The molecule has 27 heavy (non-hydrogen) atoms. The molecule has 0 amide bonds. The number of rotatable bonds is 4. The van der Waals surface area contributed by atoms with Gasteiger partial charge in [-0.15, -0.1) is 0 Å². The van der Waals surface area contributed by atoms with E-state index in [0.29, 0.717) is 0 Å². The highest BCUT2D eigenvalue weighted by Gasteiger charge is 2.35. The van der Waals surface area contributed by atoms with E-state index in [1.54, 1.807) is 6.07 Å². The molecule has 1 N–H and O–H groups in total. The first-order chi connectivity index (χ1) is 13.0. The van der Waals surface area contributed by atoms with Crippen LogP contribution in [0, 0.1) is 12.7 Å². The van der Waals surface area contributed by atoms with Gasteiger partial charge in [0, 0.05) is 22.1 Å². The molecule has 0 bridgehead atoms. The molecule has 4 rings (SSSR count). The number of hydrogen-bond acceptors (Lipinski definition) is 1. The van der Waals surface area contributed by atoms with E-state index in [1.807, 2.05) is 6.07 Å². The molecule has 3 aromatic rings. The monoisotopic (exact) mass is 362 g/mol. The third kappa shape index (κ3) is 3.32. The normalized spacial score (nSPS) is 20.3. The summed E-state index contributed by atoms with van der Waals surface area (Å²) in [5, 5.41) is 0.986. The molecular weight excluding hydrogens is 335 g/mol. The van der Waals surface area contributed by atoms with Gasteiger partial charge in [0.15, 0.2) is 0 Å². The Hall–Kier alpha value is -2.39. The molecule has 1 aromatic heterocycles. The number of H-pyrrole nitrogens is 1. The number of benzene rings is 2. The molecule has 0 spiro atoms. The van der Waals surface area contributed by atoms with Gasteiger partial charge >= 0.3 is 0 Å². The van der Waals surface area contributed by atoms with Crippen molar-refractivity contribution in [3.63, 3.8) is 0 Å². The summed E-state index contributed by atoms with van der Waals surface area (Å²) < 4.78 is 13.6. The van der Waals surface area contributed by atoms with E-state index in [-0.39, 0.29) is 11.4 Å². The van der Waals surface area contributed by atoms with Gasteiger partial charge in [0.25, 0.3) is 0 Å². The van der Waals surface area contributed by atoms with E-state index in [1.165, 1.54) is 22.9 Å². The summed E-state index contributed by atoms with van der Waals surface area (Å²) in [6.45, 7) is 2.09. The van der Waals surface area contributed by atoms with Gasteiger partial charge < -0.3 is 9.88 Å². The Bertz CT molecular complexity index is 984. The van der Waals surface area contributed by atoms with E-state index < -0.39 is 0 Å². The molecule has 0 fully saturated rings. The zero-order valence-electron chi connectivity index (χ0n) is 16.3. The van der Waals surface area contributed by atoms with Crippen LogP contribution in [-0.2, 0) is 6.42 Å². The first-order valence-electron chi connectivity index (χ1n) is 9.67. The average molecular weight is 362 g/mol. The van der Waals surface area contributed by atoms with Crippen molar-refractivity contribution in [3.8, 4) is 0 Å². The van der Waals surface area contributed by atoms with Gasteiger partial charge in [0.2, 0.25) is 0 Å². The second-order valence-corrected chi connectivity index (χ2v) is 8.03. The number of nitrogens with zero attached hydrogens (tertiary/aromatic N) is 1. The number of halogens is 1. The minimum atomic E-state index is -0.178. The van der Waals surface area contributed by atoms with Gasteiger partial charge in [-0.25, -0.2) is 4.39 Å². The van der Waals surface area contributed by atoms with Crippen molar-refractivity contribution >= 4 is 16.5 Å². The minimum absolute atomic E-state index is 0.150. The number of hydrogen-bond donors (Lipinski definition) is 1. The van der Waals surface area contributed by atoms with Crippen LogP contribution in [0.4, 0.5) is 4.39 Å². The topological polar surface area (TPSA) is 19.0 Å². The number of likely N-dealkylation sites (N-methyl/N-ethyl adjacent to an activating group) is 1. The minimum Gasteiger partial charge on any atom is -0.355 e. The van der Waals surface area contributed by atoms with Crippen molar-refractivity contribution in [2.24, 2.45) is 0 Å². The van der Waals surface area contributed by atoms with Crippen molar-refractivity contribution in [2.75, 3.05) is 14.1 Å². The largest absolute Gasteiger partial charge is 0.355 e. The number of aromatic amines is 1. The molecule has 140 valence electrons. The molecule has 1 aliphatic carbocycles. The molecule has 1 unspecified atom stereocenters. The Balaban J connectivity index is 1.64. The van der Waals surface area contributed by atoms with Crippen molar-refractivity contribution in [2.45, 2.75) is 38.1 Å². The Labute approximate surface area is 160 Å². The lowest BCUT2D eigenvalue weighted by Crippen LogP contribution is -2.47. The van der Waals surface area contributed by atoms with E-state index in [2.05, 4.69) is 67.3 Å². The van der Waals surface area contributed by atoms with Crippen LogP contribution < -0.4 is 0 Å². The molecule has 0 radical (unpaired) electrons. The molecule has 0 aliphatic heterocycles. The second kappa shape index (κ2) is 6.97. The van der Waals surface area contributed by atoms with E-state index in [0.717, 1.165) is 42.1 Å². The second-order valence-electron chi connectivity index (χ2n) is 8.03. The van der Waals surface area contributed by atoms with E-state index >= 15 is 0 Å². The SMILES string of the molecule is Cc1c(C2=CCC(Cc3ccccc3)(N(C)C)CC2)[nH]c2ccc(F)cc12. The quantitative estimate of drug-likeness (QED) is 0.628.